The van der Waals surface area contributed by atoms with Crippen LogP contribution in [0.3, 0.4) is 0 Å². The molecule has 1 unspecified atom stereocenters. The Balaban J connectivity index is 2.31. The molecule has 1 N–H and O–H groups in total. The number of halogens is 1. The van der Waals surface area contributed by atoms with Gasteiger partial charge in [0, 0.05) is 5.02 Å². The maximum Gasteiger partial charge on any atom is 0.329 e. The second kappa shape index (κ2) is 6.35. The highest BCUT2D eigenvalue weighted by Crippen LogP contribution is 2.16. The van der Waals surface area contributed by atoms with Crippen molar-refractivity contribution in [1.29, 1.82) is 0 Å². The third-order valence-electron chi connectivity index (χ3n) is 1.73. The van der Waals surface area contributed by atoms with Gasteiger partial charge in [-0.1, -0.05) is 11.6 Å². The number of benzene rings is 1. The predicted octanol–water partition coefficient (Wildman–Crippen LogP) is 2.21. The molecule has 1 aromatic carbocycles. The highest BCUT2D eigenvalue weighted by atomic mass is 35.5. The van der Waals surface area contributed by atoms with Crippen molar-refractivity contribution in [2.24, 2.45) is 0 Å². The standard InChI is InChI=1S/C11H13ClO4/c1-8(6-15-7-11(13)14)16-10-4-2-9(12)3-5-10/h2-5,8H,6-7H2,1H3,(H,13,14). The number of carbonyl (C=O) groups is 1. The maximum atomic E-state index is 10.2. The third kappa shape index (κ3) is 5.00. The van der Waals surface area contributed by atoms with Crippen LogP contribution in [0.4, 0.5) is 0 Å². The SMILES string of the molecule is CC(COCC(=O)O)Oc1ccc(Cl)cc1. The first-order valence-electron chi connectivity index (χ1n) is 4.79. The van der Waals surface area contributed by atoms with E-state index in [1.165, 1.54) is 0 Å². The Labute approximate surface area is 98.7 Å². The fourth-order valence-corrected chi connectivity index (χ4v) is 1.22. The first kappa shape index (κ1) is 12.8. The first-order chi connectivity index (χ1) is 7.58. The van der Waals surface area contributed by atoms with Crippen LogP contribution in [0.2, 0.25) is 5.02 Å². The molecule has 5 heteroatoms. The van der Waals surface area contributed by atoms with Gasteiger partial charge in [0.2, 0.25) is 0 Å². The molecule has 0 saturated heterocycles. The van der Waals surface area contributed by atoms with Crippen molar-refractivity contribution in [3.8, 4) is 5.75 Å². The highest BCUT2D eigenvalue weighted by molar-refractivity contribution is 6.30. The van der Waals surface area contributed by atoms with Crippen molar-refractivity contribution in [2.45, 2.75) is 13.0 Å². The van der Waals surface area contributed by atoms with Crippen molar-refractivity contribution < 1.29 is 19.4 Å². The van der Waals surface area contributed by atoms with E-state index in [2.05, 4.69) is 0 Å². The molecular formula is C11H13ClO4. The molecule has 16 heavy (non-hydrogen) atoms. The monoisotopic (exact) mass is 244 g/mol. The van der Waals surface area contributed by atoms with Crippen LogP contribution in [0, 0.1) is 0 Å². The summed E-state index contributed by atoms with van der Waals surface area (Å²) in [7, 11) is 0. The lowest BCUT2D eigenvalue weighted by molar-refractivity contribution is -0.142. The molecule has 0 saturated carbocycles. The number of carboxylic acid groups (broad SMARTS) is 1. The molecule has 1 aromatic rings. The summed E-state index contributed by atoms with van der Waals surface area (Å²) in [4.78, 5) is 10.2. The van der Waals surface area contributed by atoms with Gasteiger partial charge in [-0.3, -0.25) is 0 Å². The van der Waals surface area contributed by atoms with Gasteiger partial charge >= 0.3 is 5.97 Å². The summed E-state index contributed by atoms with van der Waals surface area (Å²) < 4.78 is 10.4. The van der Waals surface area contributed by atoms with Crippen LogP contribution in [-0.2, 0) is 9.53 Å². The molecule has 0 amide bonds. The second-order valence-corrected chi connectivity index (χ2v) is 3.73. The minimum absolute atomic E-state index is 0.208. The van der Waals surface area contributed by atoms with Gasteiger partial charge in [-0.05, 0) is 31.2 Å². The first-order valence-corrected chi connectivity index (χ1v) is 5.17. The van der Waals surface area contributed by atoms with Crippen LogP contribution in [0.25, 0.3) is 0 Å². The lowest BCUT2D eigenvalue weighted by atomic mass is 10.3. The molecule has 1 atom stereocenters. The zero-order chi connectivity index (χ0) is 12.0. The van der Waals surface area contributed by atoms with Crippen molar-refractivity contribution in [3.63, 3.8) is 0 Å². The summed E-state index contributed by atoms with van der Waals surface area (Å²) in [6.07, 6.45) is -0.208. The molecule has 0 fully saturated rings. The quantitative estimate of drug-likeness (QED) is 0.834. The van der Waals surface area contributed by atoms with Crippen LogP contribution in [0.1, 0.15) is 6.92 Å². The molecule has 0 heterocycles. The van der Waals surface area contributed by atoms with Gasteiger partial charge in [-0.2, -0.15) is 0 Å². The van der Waals surface area contributed by atoms with Crippen LogP contribution >= 0.6 is 11.6 Å². The summed E-state index contributed by atoms with van der Waals surface area (Å²) in [5.41, 5.74) is 0. The minimum atomic E-state index is -0.987. The Kier molecular flexibility index (Phi) is 5.08. The van der Waals surface area contributed by atoms with Crippen molar-refractivity contribution >= 4 is 17.6 Å². The molecule has 0 aliphatic rings. The molecule has 0 radical (unpaired) electrons. The average molecular weight is 245 g/mol. The number of carboxylic acids is 1. The van der Waals surface area contributed by atoms with E-state index < -0.39 is 5.97 Å². The lowest BCUT2D eigenvalue weighted by Crippen LogP contribution is -2.21. The number of aliphatic carboxylic acids is 1. The van der Waals surface area contributed by atoms with E-state index in [0.717, 1.165) is 0 Å². The van der Waals surface area contributed by atoms with E-state index in [1.54, 1.807) is 31.2 Å². The molecular weight excluding hydrogens is 232 g/mol. The zero-order valence-corrected chi connectivity index (χ0v) is 9.61. The summed E-state index contributed by atoms with van der Waals surface area (Å²) in [5, 5.41) is 9.01. The van der Waals surface area contributed by atoms with Gasteiger partial charge in [0.05, 0.1) is 6.61 Å². The van der Waals surface area contributed by atoms with Gasteiger partial charge in [-0.15, -0.1) is 0 Å². The molecule has 88 valence electrons. The van der Waals surface area contributed by atoms with Gasteiger partial charge in [-0.25, -0.2) is 4.79 Å². The van der Waals surface area contributed by atoms with Gasteiger partial charge in [0.25, 0.3) is 0 Å². The third-order valence-corrected chi connectivity index (χ3v) is 1.98. The Bertz CT molecular complexity index is 336. The van der Waals surface area contributed by atoms with Crippen LogP contribution in [0.15, 0.2) is 24.3 Å². The number of hydrogen-bond donors (Lipinski definition) is 1. The highest BCUT2D eigenvalue weighted by Gasteiger charge is 2.05. The largest absolute Gasteiger partial charge is 0.488 e. The Hall–Kier alpha value is -1.26. The van der Waals surface area contributed by atoms with E-state index in [-0.39, 0.29) is 19.3 Å². The van der Waals surface area contributed by atoms with E-state index in [9.17, 15) is 4.79 Å². The minimum Gasteiger partial charge on any atom is -0.488 e. The predicted molar refractivity (Wildman–Crippen MR) is 60.0 cm³/mol. The smallest absolute Gasteiger partial charge is 0.329 e. The Morgan fingerprint density at radius 3 is 2.62 bits per heavy atom. The molecule has 1 rings (SSSR count). The molecule has 0 bridgehead atoms. The van der Waals surface area contributed by atoms with E-state index in [1.807, 2.05) is 0 Å². The molecule has 4 nitrogen and oxygen atoms in total. The van der Waals surface area contributed by atoms with Gasteiger partial charge < -0.3 is 14.6 Å². The van der Waals surface area contributed by atoms with E-state index in [0.29, 0.717) is 10.8 Å². The molecule has 0 spiro atoms. The summed E-state index contributed by atoms with van der Waals surface area (Å²) in [5.74, 6) is -0.311. The average Bonchev–Trinajstić information content (AvgIpc) is 2.21. The number of hydrogen-bond acceptors (Lipinski definition) is 3. The fraction of sp³-hybridized carbons (Fsp3) is 0.364. The van der Waals surface area contributed by atoms with Crippen molar-refractivity contribution in [2.75, 3.05) is 13.2 Å². The van der Waals surface area contributed by atoms with Crippen LogP contribution in [-0.4, -0.2) is 30.4 Å². The summed E-state index contributed by atoms with van der Waals surface area (Å²) in [6.45, 7) is 1.72. The normalized spacial score (nSPS) is 12.1. The van der Waals surface area contributed by atoms with Crippen molar-refractivity contribution in [3.05, 3.63) is 29.3 Å². The zero-order valence-electron chi connectivity index (χ0n) is 8.85. The summed E-state index contributed by atoms with van der Waals surface area (Å²) in [6, 6.07) is 6.94. The van der Waals surface area contributed by atoms with E-state index >= 15 is 0 Å². The van der Waals surface area contributed by atoms with Gasteiger partial charge in [0.1, 0.15) is 18.5 Å². The van der Waals surface area contributed by atoms with E-state index in [4.69, 9.17) is 26.2 Å². The fourth-order valence-electron chi connectivity index (χ4n) is 1.09. The maximum absolute atomic E-state index is 10.2. The van der Waals surface area contributed by atoms with Gasteiger partial charge in [0.15, 0.2) is 0 Å². The summed E-state index contributed by atoms with van der Waals surface area (Å²) >= 11 is 5.72. The van der Waals surface area contributed by atoms with Crippen LogP contribution < -0.4 is 4.74 Å². The number of ether oxygens (including phenoxy) is 2. The van der Waals surface area contributed by atoms with Crippen LogP contribution in [0.5, 0.6) is 5.75 Å². The molecule has 0 aliphatic heterocycles. The lowest BCUT2D eigenvalue weighted by Gasteiger charge is -2.14. The topological polar surface area (TPSA) is 55.8 Å². The Morgan fingerprint density at radius 1 is 1.44 bits per heavy atom. The number of rotatable bonds is 6. The Morgan fingerprint density at radius 2 is 2.06 bits per heavy atom. The molecule has 0 aliphatic carbocycles. The second-order valence-electron chi connectivity index (χ2n) is 3.29. The molecule has 0 aromatic heterocycles. The van der Waals surface area contributed by atoms with Crippen molar-refractivity contribution in [1.82, 2.24) is 0 Å².